The number of nitrogens with zero attached hydrogens (tertiary/aromatic N) is 2. The van der Waals surface area contributed by atoms with E-state index in [0.29, 0.717) is 18.4 Å². The maximum atomic E-state index is 11.8. The molecule has 1 aromatic heterocycles. The number of fused-ring (bicyclic) bond motifs is 2. The lowest BCUT2D eigenvalue weighted by atomic mass is 10.2. The molecule has 1 aliphatic heterocycles. The van der Waals surface area contributed by atoms with Crippen molar-refractivity contribution < 1.29 is 14.3 Å². The van der Waals surface area contributed by atoms with Gasteiger partial charge in [0, 0.05) is 17.9 Å². The summed E-state index contributed by atoms with van der Waals surface area (Å²) < 4.78 is 13.7. The molecule has 1 saturated carbocycles. The van der Waals surface area contributed by atoms with Crippen LogP contribution in [0.25, 0.3) is 0 Å². The summed E-state index contributed by atoms with van der Waals surface area (Å²) in [7, 11) is 0. The number of carbonyl (C=O) groups is 1. The molecule has 110 valence electrons. The SMILES string of the molecule is CC(C)(C)OC(=O)N[C@H]1C2COc3c(Br)cnn3CC21. The summed E-state index contributed by atoms with van der Waals surface area (Å²) in [5.41, 5.74) is -0.475. The van der Waals surface area contributed by atoms with Gasteiger partial charge in [-0.3, -0.25) is 0 Å². The Morgan fingerprint density at radius 1 is 1.55 bits per heavy atom. The van der Waals surface area contributed by atoms with Crippen LogP contribution in [-0.4, -0.2) is 34.1 Å². The van der Waals surface area contributed by atoms with Gasteiger partial charge in [0.15, 0.2) is 0 Å². The summed E-state index contributed by atoms with van der Waals surface area (Å²) in [5.74, 6) is 1.46. The number of ether oxygens (including phenoxy) is 2. The number of alkyl carbamates (subject to hydrolysis) is 1. The fourth-order valence-corrected chi connectivity index (χ4v) is 2.99. The largest absolute Gasteiger partial charge is 0.477 e. The standard InChI is InChI=1S/C13H18BrN3O3/c1-13(2,3)20-12(18)16-10-7-5-17-11(9(14)4-15-17)19-6-8(7)10/h4,7-8,10H,5-6H2,1-3H3,(H,16,18)/t7?,8?,10-/m1/s1. The van der Waals surface area contributed by atoms with Crippen LogP contribution in [0, 0.1) is 11.8 Å². The molecule has 2 unspecified atom stereocenters. The van der Waals surface area contributed by atoms with E-state index in [4.69, 9.17) is 9.47 Å². The van der Waals surface area contributed by atoms with E-state index in [-0.39, 0.29) is 12.1 Å². The van der Waals surface area contributed by atoms with E-state index in [0.717, 1.165) is 16.9 Å². The van der Waals surface area contributed by atoms with Gasteiger partial charge in [-0.05, 0) is 36.7 Å². The zero-order chi connectivity index (χ0) is 14.5. The van der Waals surface area contributed by atoms with Crippen LogP contribution in [-0.2, 0) is 11.3 Å². The maximum Gasteiger partial charge on any atom is 0.407 e. The molecule has 3 atom stereocenters. The van der Waals surface area contributed by atoms with Gasteiger partial charge in [0.05, 0.1) is 23.8 Å². The Hall–Kier alpha value is -1.24. The highest BCUT2D eigenvalue weighted by molar-refractivity contribution is 9.10. The average Bonchev–Trinajstić information content (AvgIpc) is 2.88. The van der Waals surface area contributed by atoms with Crippen molar-refractivity contribution in [3.05, 3.63) is 10.7 Å². The molecule has 2 heterocycles. The van der Waals surface area contributed by atoms with Crippen molar-refractivity contribution in [3.63, 3.8) is 0 Å². The lowest BCUT2D eigenvalue weighted by Gasteiger charge is -2.20. The minimum absolute atomic E-state index is 0.112. The van der Waals surface area contributed by atoms with Crippen LogP contribution in [0.4, 0.5) is 4.79 Å². The normalized spacial score (nSPS) is 27.7. The van der Waals surface area contributed by atoms with Crippen molar-refractivity contribution in [3.8, 4) is 5.88 Å². The third kappa shape index (κ3) is 2.63. The van der Waals surface area contributed by atoms with E-state index >= 15 is 0 Å². The molecular weight excluding hydrogens is 326 g/mol. The van der Waals surface area contributed by atoms with Crippen molar-refractivity contribution in [2.75, 3.05) is 6.61 Å². The molecule has 0 aromatic carbocycles. The molecule has 3 rings (SSSR count). The van der Waals surface area contributed by atoms with E-state index in [9.17, 15) is 4.79 Å². The Morgan fingerprint density at radius 3 is 3.00 bits per heavy atom. The van der Waals surface area contributed by atoms with Gasteiger partial charge in [-0.15, -0.1) is 0 Å². The van der Waals surface area contributed by atoms with Gasteiger partial charge in [-0.25, -0.2) is 9.48 Å². The Morgan fingerprint density at radius 2 is 2.30 bits per heavy atom. The fourth-order valence-electron chi connectivity index (χ4n) is 2.58. The van der Waals surface area contributed by atoms with Crippen LogP contribution in [0.2, 0.25) is 0 Å². The number of hydrogen-bond donors (Lipinski definition) is 1. The van der Waals surface area contributed by atoms with Gasteiger partial charge in [0.1, 0.15) is 5.60 Å². The number of carbonyl (C=O) groups excluding carboxylic acids is 1. The molecule has 0 spiro atoms. The molecule has 0 radical (unpaired) electrons. The average molecular weight is 344 g/mol. The number of rotatable bonds is 1. The van der Waals surface area contributed by atoms with Crippen LogP contribution in [0.3, 0.4) is 0 Å². The molecule has 2 aliphatic rings. The summed E-state index contributed by atoms with van der Waals surface area (Å²) in [6, 6.07) is 0.112. The predicted molar refractivity (Wildman–Crippen MR) is 75.6 cm³/mol. The van der Waals surface area contributed by atoms with Gasteiger partial charge in [-0.1, -0.05) is 0 Å². The van der Waals surface area contributed by atoms with Crippen molar-refractivity contribution >= 4 is 22.0 Å². The molecule has 1 amide bonds. The monoisotopic (exact) mass is 343 g/mol. The maximum absolute atomic E-state index is 11.8. The minimum Gasteiger partial charge on any atom is -0.477 e. The molecule has 7 heteroatoms. The number of aromatic nitrogens is 2. The van der Waals surface area contributed by atoms with E-state index in [1.165, 1.54) is 0 Å². The predicted octanol–water partition coefficient (Wildman–Crippen LogP) is 2.18. The highest BCUT2D eigenvalue weighted by atomic mass is 79.9. The lowest BCUT2D eigenvalue weighted by molar-refractivity contribution is 0.0516. The van der Waals surface area contributed by atoms with Crippen LogP contribution >= 0.6 is 15.9 Å². The quantitative estimate of drug-likeness (QED) is 0.848. The molecule has 6 nitrogen and oxygen atoms in total. The molecule has 1 aliphatic carbocycles. The smallest absolute Gasteiger partial charge is 0.407 e. The zero-order valence-corrected chi connectivity index (χ0v) is 13.3. The second kappa shape index (κ2) is 4.65. The first-order valence-electron chi connectivity index (χ1n) is 6.69. The highest BCUT2D eigenvalue weighted by Gasteiger charge is 2.53. The molecule has 1 N–H and O–H groups in total. The van der Waals surface area contributed by atoms with Crippen LogP contribution in [0.5, 0.6) is 5.88 Å². The molecular formula is C13H18BrN3O3. The van der Waals surface area contributed by atoms with Crippen LogP contribution < -0.4 is 10.1 Å². The highest BCUT2D eigenvalue weighted by Crippen LogP contribution is 2.44. The van der Waals surface area contributed by atoms with Gasteiger partial charge in [-0.2, -0.15) is 5.10 Å². The fraction of sp³-hybridized carbons (Fsp3) is 0.692. The van der Waals surface area contributed by atoms with Crippen molar-refractivity contribution in [2.24, 2.45) is 11.8 Å². The second-order valence-electron chi connectivity index (χ2n) is 6.29. The van der Waals surface area contributed by atoms with E-state index in [1.807, 2.05) is 25.5 Å². The Bertz CT molecular complexity index is 537. The van der Waals surface area contributed by atoms with Crippen molar-refractivity contribution in [2.45, 2.75) is 39.0 Å². The van der Waals surface area contributed by atoms with Crippen LogP contribution in [0.1, 0.15) is 20.8 Å². The molecule has 0 saturated heterocycles. The number of hydrogen-bond acceptors (Lipinski definition) is 4. The van der Waals surface area contributed by atoms with Crippen LogP contribution in [0.15, 0.2) is 10.7 Å². The van der Waals surface area contributed by atoms with Crippen molar-refractivity contribution in [1.29, 1.82) is 0 Å². The first-order chi connectivity index (χ1) is 9.35. The third-order valence-electron chi connectivity index (χ3n) is 3.56. The van der Waals surface area contributed by atoms with E-state index in [2.05, 4.69) is 26.3 Å². The van der Waals surface area contributed by atoms with Crippen molar-refractivity contribution in [1.82, 2.24) is 15.1 Å². The van der Waals surface area contributed by atoms with E-state index in [1.54, 1.807) is 6.20 Å². The Labute approximate surface area is 125 Å². The van der Waals surface area contributed by atoms with E-state index < -0.39 is 5.60 Å². The number of amides is 1. The van der Waals surface area contributed by atoms with Gasteiger partial charge < -0.3 is 14.8 Å². The Kier molecular flexibility index (Phi) is 3.19. The van der Waals surface area contributed by atoms with Gasteiger partial charge in [0.25, 0.3) is 0 Å². The first-order valence-corrected chi connectivity index (χ1v) is 7.48. The van der Waals surface area contributed by atoms with Gasteiger partial charge >= 0.3 is 6.09 Å². The Balaban J connectivity index is 1.60. The number of nitrogens with one attached hydrogen (secondary N) is 1. The molecule has 0 bridgehead atoms. The minimum atomic E-state index is -0.475. The summed E-state index contributed by atoms with van der Waals surface area (Å²) >= 11 is 3.41. The first kappa shape index (κ1) is 13.7. The topological polar surface area (TPSA) is 65.4 Å². The summed E-state index contributed by atoms with van der Waals surface area (Å²) in [6.07, 6.45) is 1.37. The summed E-state index contributed by atoms with van der Waals surface area (Å²) in [5, 5.41) is 7.19. The summed E-state index contributed by atoms with van der Waals surface area (Å²) in [6.45, 7) is 6.91. The lowest BCUT2D eigenvalue weighted by Crippen LogP contribution is -2.35. The second-order valence-corrected chi connectivity index (χ2v) is 7.14. The molecule has 1 fully saturated rings. The number of halogens is 1. The zero-order valence-electron chi connectivity index (χ0n) is 11.7. The third-order valence-corrected chi connectivity index (χ3v) is 4.10. The summed E-state index contributed by atoms with van der Waals surface area (Å²) in [4.78, 5) is 11.8. The molecule has 1 aromatic rings. The molecule has 20 heavy (non-hydrogen) atoms. The van der Waals surface area contributed by atoms with Gasteiger partial charge in [0.2, 0.25) is 5.88 Å².